The summed E-state index contributed by atoms with van der Waals surface area (Å²) in [6.07, 6.45) is 3.80. The van der Waals surface area contributed by atoms with Crippen LogP contribution in [0.3, 0.4) is 0 Å². The van der Waals surface area contributed by atoms with Gasteiger partial charge in [-0.1, -0.05) is 20.8 Å². The summed E-state index contributed by atoms with van der Waals surface area (Å²) in [6.45, 7) is 10.3. The van der Waals surface area contributed by atoms with Gasteiger partial charge in [-0.2, -0.15) is 0 Å². The number of amides is 2. The summed E-state index contributed by atoms with van der Waals surface area (Å²) in [5.41, 5.74) is 0.195. The number of hydrogen-bond acceptors (Lipinski definition) is 6. The maximum Gasteiger partial charge on any atom is 0.255 e. The maximum atomic E-state index is 13.1. The second-order valence-corrected chi connectivity index (χ2v) is 9.49. The number of nitrogens with zero attached hydrogens (tertiary/aromatic N) is 1. The van der Waals surface area contributed by atoms with E-state index in [-0.39, 0.29) is 35.7 Å². The maximum absolute atomic E-state index is 13.1. The van der Waals surface area contributed by atoms with E-state index >= 15 is 0 Å². The Hall–Kier alpha value is -2.19. The van der Waals surface area contributed by atoms with Crippen LogP contribution in [0.2, 0.25) is 0 Å². The van der Waals surface area contributed by atoms with Crippen LogP contribution in [0.1, 0.15) is 56.2 Å². The number of furan rings is 1. The van der Waals surface area contributed by atoms with Gasteiger partial charge in [-0.05, 0) is 50.8 Å². The van der Waals surface area contributed by atoms with Crippen molar-refractivity contribution in [2.75, 3.05) is 26.2 Å². The van der Waals surface area contributed by atoms with Crippen LogP contribution in [-0.2, 0) is 14.3 Å². The van der Waals surface area contributed by atoms with E-state index in [0.29, 0.717) is 24.3 Å². The molecule has 0 bridgehead atoms. The number of carbonyl (C=O) groups excluding carboxylic acids is 3. The molecular formula is C22H33N3O5. The number of Topliss-reactive ketones (excluding diaryl/α,β-unsaturated/α-hetero) is 1. The van der Waals surface area contributed by atoms with Gasteiger partial charge in [0.25, 0.3) is 5.91 Å². The zero-order valence-corrected chi connectivity index (χ0v) is 18.3. The molecule has 166 valence electrons. The molecule has 0 saturated carbocycles. The third-order valence-electron chi connectivity index (χ3n) is 5.63. The molecular weight excluding hydrogens is 386 g/mol. The number of likely N-dealkylation sites (tertiary alicyclic amines) is 1. The highest BCUT2D eigenvalue weighted by Crippen LogP contribution is 2.22. The third-order valence-corrected chi connectivity index (χ3v) is 5.63. The van der Waals surface area contributed by atoms with Crippen LogP contribution < -0.4 is 10.6 Å². The van der Waals surface area contributed by atoms with Crippen molar-refractivity contribution in [1.29, 1.82) is 0 Å². The Bertz CT molecular complexity index is 776. The van der Waals surface area contributed by atoms with Gasteiger partial charge in [0.2, 0.25) is 5.91 Å². The fourth-order valence-electron chi connectivity index (χ4n) is 4.07. The number of ether oxygens (including phenoxy) is 1. The summed E-state index contributed by atoms with van der Waals surface area (Å²) in [6, 6.07) is 0.123. The topological polar surface area (TPSA) is 101 Å². The summed E-state index contributed by atoms with van der Waals surface area (Å²) in [4.78, 5) is 40.5. The molecule has 30 heavy (non-hydrogen) atoms. The van der Waals surface area contributed by atoms with Crippen molar-refractivity contribution < 1.29 is 23.5 Å². The van der Waals surface area contributed by atoms with Crippen molar-refractivity contribution in [2.45, 2.75) is 65.1 Å². The van der Waals surface area contributed by atoms with Gasteiger partial charge < -0.3 is 24.7 Å². The molecule has 2 N–H and O–H groups in total. The fourth-order valence-corrected chi connectivity index (χ4v) is 4.07. The molecule has 3 rings (SSSR count). The molecule has 3 heterocycles. The number of ketones is 1. The first kappa shape index (κ1) is 22.5. The first-order valence-corrected chi connectivity index (χ1v) is 10.7. The van der Waals surface area contributed by atoms with Crippen LogP contribution in [-0.4, -0.2) is 66.9 Å². The molecule has 2 aliphatic heterocycles. The summed E-state index contributed by atoms with van der Waals surface area (Å²) in [7, 11) is 0. The molecule has 0 aromatic carbocycles. The third kappa shape index (κ3) is 5.70. The minimum Gasteiger partial charge on any atom is -0.469 e. The second kappa shape index (κ2) is 9.31. The first-order chi connectivity index (χ1) is 14.1. The Balaban J connectivity index is 1.69. The molecule has 2 fully saturated rings. The van der Waals surface area contributed by atoms with Crippen molar-refractivity contribution in [3.63, 3.8) is 0 Å². The number of aryl methyl sites for hydroxylation is 1. The molecule has 1 aromatic heterocycles. The average Bonchev–Trinajstić information content (AvgIpc) is 3.38. The minimum absolute atomic E-state index is 0.00790. The van der Waals surface area contributed by atoms with Crippen molar-refractivity contribution in [3.05, 3.63) is 23.7 Å². The van der Waals surface area contributed by atoms with E-state index in [2.05, 4.69) is 15.5 Å². The summed E-state index contributed by atoms with van der Waals surface area (Å²) in [5, 5.41) is 5.68. The minimum atomic E-state index is -0.771. The van der Waals surface area contributed by atoms with E-state index in [4.69, 9.17) is 9.15 Å². The molecule has 2 saturated heterocycles. The molecule has 0 radical (unpaired) electrons. The molecule has 8 nitrogen and oxygen atoms in total. The van der Waals surface area contributed by atoms with Crippen LogP contribution in [0, 0.1) is 12.3 Å². The van der Waals surface area contributed by atoms with Gasteiger partial charge in [0.15, 0.2) is 5.78 Å². The highest BCUT2D eigenvalue weighted by atomic mass is 16.5. The molecule has 2 unspecified atom stereocenters. The van der Waals surface area contributed by atoms with Crippen LogP contribution in [0.4, 0.5) is 0 Å². The summed E-state index contributed by atoms with van der Waals surface area (Å²) >= 11 is 0. The van der Waals surface area contributed by atoms with Gasteiger partial charge in [0.05, 0.1) is 17.9 Å². The monoisotopic (exact) mass is 419 g/mol. The van der Waals surface area contributed by atoms with Gasteiger partial charge in [-0.25, -0.2) is 0 Å². The Morgan fingerprint density at radius 3 is 2.57 bits per heavy atom. The largest absolute Gasteiger partial charge is 0.469 e. The predicted molar refractivity (Wildman–Crippen MR) is 111 cm³/mol. The quantitative estimate of drug-likeness (QED) is 0.697. The zero-order chi connectivity index (χ0) is 21.9. The van der Waals surface area contributed by atoms with Crippen LogP contribution in [0.25, 0.3) is 0 Å². The SMILES string of the molecule is Cc1occc1C(=O)N[C@@H](CC(C)(C)C)C(=O)NC1C(=O)COC1CN1CCCC1. The molecule has 2 amide bonds. The Kier molecular flexibility index (Phi) is 6.98. The van der Waals surface area contributed by atoms with Crippen molar-refractivity contribution in [1.82, 2.24) is 15.5 Å². The van der Waals surface area contributed by atoms with Gasteiger partial charge in [0.1, 0.15) is 24.5 Å². The molecule has 0 aliphatic carbocycles. The van der Waals surface area contributed by atoms with Crippen molar-refractivity contribution >= 4 is 17.6 Å². The van der Waals surface area contributed by atoms with E-state index < -0.39 is 12.1 Å². The van der Waals surface area contributed by atoms with Gasteiger partial charge in [-0.3, -0.25) is 14.4 Å². The van der Waals surface area contributed by atoms with E-state index in [1.807, 2.05) is 20.8 Å². The number of hydrogen-bond donors (Lipinski definition) is 2. The smallest absolute Gasteiger partial charge is 0.255 e. The Morgan fingerprint density at radius 1 is 1.27 bits per heavy atom. The molecule has 1 aromatic rings. The lowest BCUT2D eigenvalue weighted by Gasteiger charge is -2.29. The average molecular weight is 420 g/mol. The normalized spacial score (nSPS) is 23.5. The van der Waals surface area contributed by atoms with Crippen LogP contribution in [0.5, 0.6) is 0 Å². The Morgan fingerprint density at radius 2 is 1.97 bits per heavy atom. The second-order valence-electron chi connectivity index (χ2n) is 9.49. The standard InChI is InChI=1S/C22H33N3O5/c1-14-15(7-10-29-14)20(27)23-16(11-22(2,3)4)21(28)24-19-17(26)13-30-18(19)12-25-8-5-6-9-25/h7,10,16,18-19H,5-6,8-9,11-13H2,1-4H3,(H,23,27)(H,24,28)/t16-,18?,19?/m0/s1. The zero-order valence-electron chi connectivity index (χ0n) is 18.3. The highest BCUT2D eigenvalue weighted by molar-refractivity contribution is 5.99. The predicted octanol–water partition coefficient (Wildman–Crippen LogP) is 1.67. The van der Waals surface area contributed by atoms with Crippen LogP contribution in [0.15, 0.2) is 16.7 Å². The highest BCUT2D eigenvalue weighted by Gasteiger charge is 2.40. The van der Waals surface area contributed by atoms with Crippen molar-refractivity contribution in [2.24, 2.45) is 5.41 Å². The van der Waals surface area contributed by atoms with E-state index in [0.717, 1.165) is 25.9 Å². The lowest BCUT2D eigenvalue weighted by molar-refractivity contribution is -0.128. The first-order valence-electron chi connectivity index (χ1n) is 10.7. The molecule has 2 aliphatic rings. The number of nitrogens with one attached hydrogen (secondary N) is 2. The van der Waals surface area contributed by atoms with Gasteiger partial charge >= 0.3 is 0 Å². The summed E-state index contributed by atoms with van der Waals surface area (Å²) in [5.74, 6) is -0.366. The summed E-state index contributed by atoms with van der Waals surface area (Å²) < 4.78 is 10.9. The van der Waals surface area contributed by atoms with Crippen LogP contribution >= 0.6 is 0 Å². The Labute approximate surface area is 177 Å². The van der Waals surface area contributed by atoms with E-state index in [9.17, 15) is 14.4 Å². The molecule has 8 heteroatoms. The number of rotatable bonds is 7. The lowest BCUT2D eigenvalue weighted by Crippen LogP contribution is -2.55. The van der Waals surface area contributed by atoms with Crippen molar-refractivity contribution in [3.8, 4) is 0 Å². The van der Waals surface area contributed by atoms with E-state index in [1.165, 1.54) is 6.26 Å². The lowest BCUT2D eigenvalue weighted by atomic mass is 9.87. The molecule has 3 atom stereocenters. The van der Waals surface area contributed by atoms with Gasteiger partial charge in [0, 0.05) is 6.54 Å². The van der Waals surface area contributed by atoms with Gasteiger partial charge in [-0.15, -0.1) is 0 Å². The van der Waals surface area contributed by atoms with E-state index in [1.54, 1.807) is 13.0 Å². The fraction of sp³-hybridized carbons (Fsp3) is 0.682. The number of carbonyl (C=O) groups is 3. The molecule has 0 spiro atoms.